The summed E-state index contributed by atoms with van der Waals surface area (Å²) in [4.78, 5) is 15.5. The van der Waals surface area contributed by atoms with Crippen LogP contribution in [-0.4, -0.2) is 15.0 Å². The van der Waals surface area contributed by atoms with Crippen LogP contribution in [-0.2, 0) is 32.9 Å². The molecule has 0 N–H and O–H groups in total. The van der Waals surface area contributed by atoms with E-state index in [-0.39, 0.29) is 20.1 Å². The van der Waals surface area contributed by atoms with Crippen LogP contribution in [0.25, 0.3) is 79.3 Å². The second-order valence-corrected chi connectivity index (χ2v) is 20.2. The molecule has 0 spiro atoms. The summed E-state index contributed by atoms with van der Waals surface area (Å²) in [6.07, 6.45) is 11.4. The molecular weight excluding hydrogens is 1150 g/mol. The molecule has 0 unspecified atom stereocenters. The van der Waals surface area contributed by atoms with Gasteiger partial charge in [-0.3, -0.25) is 0 Å². The summed E-state index contributed by atoms with van der Waals surface area (Å²) < 4.78 is 0. The zero-order valence-electron chi connectivity index (χ0n) is 45.9. The van der Waals surface area contributed by atoms with Crippen LogP contribution in [0.1, 0.15) is 49.9 Å². The molecule has 394 valence electrons. The van der Waals surface area contributed by atoms with Crippen molar-refractivity contribution in [2.45, 2.75) is 40.5 Å². The molecule has 80 heavy (non-hydrogen) atoms. The van der Waals surface area contributed by atoms with E-state index < -0.39 is 0 Å². The van der Waals surface area contributed by atoms with Crippen LogP contribution in [0.5, 0.6) is 0 Å². The minimum absolute atomic E-state index is 0. The van der Waals surface area contributed by atoms with Crippen LogP contribution < -0.4 is 4.90 Å². The molecule has 0 bridgehead atoms. The van der Waals surface area contributed by atoms with Gasteiger partial charge >= 0.3 is 20.1 Å². The third-order valence-corrected chi connectivity index (χ3v) is 13.3. The molecule has 4 nitrogen and oxygen atoms in total. The van der Waals surface area contributed by atoms with Crippen molar-refractivity contribution in [3.05, 3.63) is 303 Å². The van der Waals surface area contributed by atoms with Crippen molar-refractivity contribution < 1.29 is 20.1 Å². The molecule has 3 aromatic heterocycles. The fourth-order valence-electron chi connectivity index (χ4n) is 9.33. The molecule has 0 amide bonds. The Morgan fingerprint density at radius 3 is 0.950 bits per heavy atom. The quantitative estimate of drug-likeness (QED) is 0.0960. The van der Waals surface area contributed by atoms with Crippen LogP contribution in [0.2, 0.25) is 0 Å². The molecule has 0 fully saturated rings. The summed E-state index contributed by atoms with van der Waals surface area (Å²) in [5.74, 6) is 1.38. The van der Waals surface area contributed by atoms with Crippen molar-refractivity contribution in [1.29, 1.82) is 0 Å². The number of nitrogens with zero attached hydrogens (tertiary/aromatic N) is 4. The van der Waals surface area contributed by atoms with E-state index in [0.717, 1.165) is 85.9 Å². The molecule has 0 atom stereocenters. The van der Waals surface area contributed by atoms with Crippen molar-refractivity contribution in [2.24, 2.45) is 11.8 Å². The van der Waals surface area contributed by atoms with E-state index >= 15 is 0 Å². The molecule has 0 radical (unpaired) electrons. The van der Waals surface area contributed by atoms with Gasteiger partial charge in [0.2, 0.25) is 0 Å². The van der Waals surface area contributed by atoms with Gasteiger partial charge in [0, 0.05) is 35.7 Å². The maximum Gasteiger partial charge on any atom is 3.00 e. The largest absolute Gasteiger partial charge is 3.00 e. The van der Waals surface area contributed by atoms with Crippen molar-refractivity contribution in [1.82, 2.24) is 15.0 Å². The number of pyridine rings is 3. The molecule has 0 saturated carbocycles. The maximum absolute atomic E-state index is 4.46. The minimum atomic E-state index is 0. The Morgan fingerprint density at radius 2 is 0.675 bits per heavy atom. The topological polar surface area (TPSA) is 41.9 Å². The molecular formula is C75H65IrN4. The Labute approximate surface area is 488 Å². The van der Waals surface area contributed by atoms with E-state index in [1.807, 2.05) is 104 Å². The zero-order valence-corrected chi connectivity index (χ0v) is 48.3. The van der Waals surface area contributed by atoms with Crippen molar-refractivity contribution >= 4 is 29.2 Å². The van der Waals surface area contributed by atoms with Gasteiger partial charge in [0.1, 0.15) is 0 Å². The summed E-state index contributed by atoms with van der Waals surface area (Å²) in [6.45, 7) is 16.8. The number of aromatic nitrogens is 3. The molecule has 0 saturated heterocycles. The Hall–Kier alpha value is -8.86. The third kappa shape index (κ3) is 15.7. The summed E-state index contributed by atoms with van der Waals surface area (Å²) in [5, 5.41) is 0. The normalized spacial score (nSPS) is 10.6. The first-order valence-corrected chi connectivity index (χ1v) is 27.0. The van der Waals surface area contributed by atoms with E-state index in [4.69, 9.17) is 0 Å². The van der Waals surface area contributed by atoms with Gasteiger partial charge in [-0.2, -0.15) is 0 Å². The van der Waals surface area contributed by atoms with Crippen molar-refractivity contribution in [3.8, 4) is 67.2 Å². The summed E-state index contributed by atoms with van der Waals surface area (Å²) in [5.41, 5.74) is 21.3. The zero-order chi connectivity index (χ0) is 54.8. The van der Waals surface area contributed by atoms with E-state index in [9.17, 15) is 0 Å². The van der Waals surface area contributed by atoms with Gasteiger partial charge in [0.05, 0.1) is 0 Å². The number of benzene rings is 8. The number of anilines is 3. The Morgan fingerprint density at radius 1 is 0.375 bits per heavy atom. The molecule has 0 aliphatic rings. The minimum Gasteiger partial charge on any atom is -0.311 e. The fourth-order valence-corrected chi connectivity index (χ4v) is 9.33. The van der Waals surface area contributed by atoms with E-state index in [2.05, 4.69) is 237 Å². The van der Waals surface area contributed by atoms with Crippen molar-refractivity contribution in [3.63, 3.8) is 0 Å². The average Bonchev–Trinajstić information content (AvgIpc) is 3.53. The molecule has 11 aromatic rings. The van der Waals surface area contributed by atoms with E-state index in [1.165, 1.54) is 33.4 Å². The van der Waals surface area contributed by atoms with Gasteiger partial charge in [-0.05, 0) is 135 Å². The first-order valence-electron chi connectivity index (χ1n) is 27.0. The van der Waals surface area contributed by atoms with Crippen LogP contribution >= 0.6 is 0 Å². The summed E-state index contributed by atoms with van der Waals surface area (Å²) in [7, 11) is 0. The number of rotatable bonds is 15. The molecule has 3 heterocycles. The van der Waals surface area contributed by atoms with E-state index in [1.54, 1.807) is 0 Å². The Balaban J connectivity index is 0.000000164. The molecule has 8 aromatic carbocycles. The average molecular weight is 1210 g/mol. The Bertz CT molecular complexity index is 3470. The van der Waals surface area contributed by atoms with Gasteiger partial charge in [-0.1, -0.05) is 174 Å². The summed E-state index contributed by atoms with van der Waals surface area (Å²) in [6, 6.07) is 89.5. The van der Waals surface area contributed by atoms with Gasteiger partial charge in [0.15, 0.2) is 0 Å². The predicted molar refractivity (Wildman–Crippen MR) is 334 cm³/mol. The van der Waals surface area contributed by atoms with Gasteiger partial charge < -0.3 is 19.9 Å². The van der Waals surface area contributed by atoms with E-state index in [0.29, 0.717) is 11.8 Å². The SMILES string of the molecule is C=Cc1ccc(N(c2ccc(C=C)cc2)c2ccc(-c3cc[c-]c(-c4ccccn4)c3)cc2)cc1.CC(C)Cc1ccc(-c2cc[c-]c(-c3ccccn3)c2)cc1.CC(C)Cc1ccc(-c2cc[c-]c(-c3ccccn3)c2)cc1.[Ir+3]. The smallest absolute Gasteiger partial charge is 0.311 e. The number of hydrogen-bond acceptors (Lipinski definition) is 4. The third-order valence-electron chi connectivity index (χ3n) is 13.3. The molecule has 0 aliphatic heterocycles. The summed E-state index contributed by atoms with van der Waals surface area (Å²) >= 11 is 0. The molecule has 0 aliphatic carbocycles. The first-order chi connectivity index (χ1) is 38.7. The second-order valence-electron chi connectivity index (χ2n) is 20.2. The van der Waals surface area contributed by atoms with Crippen LogP contribution in [0.3, 0.4) is 0 Å². The van der Waals surface area contributed by atoms with Crippen LogP contribution in [0.4, 0.5) is 17.1 Å². The monoisotopic (exact) mass is 1210 g/mol. The molecule has 11 rings (SSSR count). The van der Waals surface area contributed by atoms with Gasteiger partial charge in [-0.25, -0.2) is 0 Å². The van der Waals surface area contributed by atoms with Gasteiger partial charge in [0.25, 0.3) is 0 Å². The van der Waals surface area contributed by atoms with Crippen LogP contribution in [0.15, 0.2) is 262 Å². The second kappa shape index (κ2) is 28.7. The fraction of sp³-hybridized carbons (Fsp3) is 0.107. The standard InChI is InChI=1S/C33H25N2.2C21H20N.Ir/c1-3-25-11-17-30(18-12-25)35(31-19-13-26(4-2)14-20-31)32-21-15-27(16-22-32)28-8-7-9-29(24-28)33-10-5-6-23-34-33;2*1-16(2)14-17-9-11-18(12-10-17)19-6-5-7-20(15-19)21-8-3-4-13-22-21;/h3-8,10-24H,1-2H2;2*3-6,8-13,15-16H,14H2,1-2H3;/q3*-1;+3. The first kappa shape index (κ1) is 57.3. The molecule has 5 heteroatoms. The Kier molecular flexibility index (Phi) is 20.5. The van der Waals surface area contributed by atoms with Gasteiger partial charge in [-0.15, -0.1) is 106 Å². The predicted octanol–water partition coefficient (Wildman–Crippen LogP) is 19.8. The van der Waals surface area contributed by atoms with Crippen molar-refractivity contribution in [2.75, 3.05) is 4.90 Å². The maximum atomic E-state index is 4.46. The number of hydrogen-bond donors (Lipinski definition) is 0. The van der Waals surface area contributed by atoms with Crippen LogP contribution in [0, 0.1) is 30.0 Å².